The predicted molar refractivity (Wildman–Crippen MR) is 112 cm³/mol. The molecule has 3 aromatic rings. The fourth-order valence-electron chi connectivity index (χ4n) is 4.18. The molecule has 0 saturated carbocycles. The van der Waals surface area contributed by atoms with Crippen LogP contribution in [0.3, 0.4) is 0 Å². The third-order valence-electron chi connectivity index (χ3n) is 5.83. The highest BCUT2D eigenvalue weighted by atomic mass is 16.2. The summed E-state index contributed by atoms with van der Waals surface area (Å²) in [4.78, 5) is 38.1. The van der Waals surface area contributed by atoms with Gasteiger partial charge in [-0.3, -0.25) is 19.7 Å². The van der Waals surface area contributed by atoms with Crippen LogP contribution in [0.15, 0.2) is 42.5 Å². The van der Waals surface area contributed by atoms with Crippen molar-refractivity contribution in [2.24, 2.45) is 0 Å². The van der Waals surface area contributed by atoms with Gasteiger partial charge in [0.1, 0.15) is 11.7 Å². The summed E-state index contributed by atoms with van der Waals surface area (Å²) in [7, 11) is 0. The Balaban J connectivity index is 1.44. The molecule has 1 aromatic heterocycles. The molecule has 1 atom stereocenters. The average molecular weight is 416 g/mol. The number of nitrogens with two attached hydrogens (primary N) is 1. The minimum atomic E-state index is -0.630. The third-order valence-corrected chi connectivity index (χ3v) is 5.83. The number of imide groups is 1. The molecule has 2 aliphatic rings. The Morgan fingerprint density at radius 3 is 2.61 bits per heavy atom. The number of rotatable bonds is 3. The monoisotopic (exact) mass is 416 g/mol. The number of nitrogens with zero attached hydrogens (tertiary/aromatic N) is 4. The first-order valence-electron chi connectivity index (χ1n) is 9.98. The van der Waals surface area contributed by atoms with Crippen molar-refractivity contribution in [2.45, 2.75) is 32.4 Å². The molecule has 0 bridgehead atoms. The fraction of sp³-hybridized carbons (Fsp3) is 0.227. The Labute approximate surface area is 177 Å². The van der Waals surface area contributed by atoms with Crippen molar-refractivity contribution in [2.75, 3.05) is 5.73 Å². The fourth-order valence-corrected chi connectivity index (χ4v) is 4.18. The standard InChI is InChI=1S/C22H20N6O3/c1-12-20(25-26-28(12)16-5-3-15(23)4-6-16)13-2-7-17-14(10-13)11-27(22(17)31)18-8-9-19(29)24-21(18)30/h2-7,10,18H,8-9,11,23H2,1H3,(H,24,29,30). The van der Waals surface area contributed by atoms with Gasteiger partial charge in [0.05, 0.1) is 11.4 Å². The molecule has 1 unspecified atom stereocenters. The van der Waals surface area contributed by atoms with Crippen molar-refractivity contribution in [1.82, 2.24) is 25.2 Å². The maximum atomic E-state index is 12.9. The number of amides is 3. The molecule has 0 spiro atoms. The molecule has 31 heavy (non-hydrogen) atoms. The van der Waals surface area contributed by atoms with Crippen molar-refractivity contribution >= 4 is 23.4 Å². The molecule has 1 saturated heterocycles. The smallest absolute Gasteiger partial charge is 0.255 e. The number of benzene rings is 2. The number of carbonyl (C=O) groups is 3. The van der Waals surface area contributed by atoms with Gasteiger partial charge in [-0.1, -0.05) is 11.3 Å². The minimum Gasteiger partial charge on any atom is -0.399 e. The highest BCUT2D eigenvalue weighted by Crippen LogP contribution is 2.32. The molecule has 3 heterocycles. The summed E-state index contributed by atoms with van der Waals surface area (Å²) in [6.07, 6.45) is 0.571. The largest absolute Gasteiger partial charge is 0.399 e. The molecule has 0 aliphatic carbocycles. The van der Waals surface area contributed by atoms with Gasteiger partial charge < -0.3 is 10.6 Å². The summed E-state index contributed by atoms with van der Waals surface area (Å²) in [5.74, 6) is -0.912. The lowest BCUT2D eigenvalue weighted by atomic mass is 10.0. The second-order valence-electron chi connectivity index (χ2n) is 7.80. The van der Waals surface area contributed by atoms with Crippen LogP contribution < -0.4 is 11.1 Å². The van der Waals surface area contributed by atoms with E-state index in [4.69, 9.17) is 5.73 Å². The summed E-state index contributed by atoms with van der Waals surface area (Å²) in [5.41, 5.74) is 11.1. The minimum absolute atomic E-state index is 0.196. The van der Waals surface area contributed by atoms with Crippen LogP contribution in [0.1, 0.15) is 34.5 Å². The van der Waals surface area contributed by atoms with Crippen LogP contribution in [0.2, 0.25) is 0 Å². The molecule has 0 radical (unpaired) electrons. The van der Waals surface area contributed by atoms with Gasteiger partial charge in [-0.2, -0.15) is 0 Å². The topological polar surface area (TPSA) is 123 Å². The molecule has 3 N–H and O–H groups in total. The first-order chi connectivity index (χ1) is 14.9. The molecule has 2 aromatic carbocycles. The van der Waals surface area contributed by atoms with Crippen molar-refractivity contribution < 1.29 is 14.4 Å². The lowest BCUT2D eigenvalue weighted by Crippen LogP contribution is -2.52. The van der Waals surface area contributed by atoms with Gasteiger partial charge in [-0.05, 0) is 55.3 Å². The first-order valence-corrected chi connectivity index (χ1v) is 9.98. The molecule has 3 amide bonds. The number of hydrogen-bond acceptors (Lipinski definition) is 6. The van der Waals surface area contributed by atoms with Crippen LogP contribution in [0.25, 0.3) is 16.9 Å². The Morgan fingerprint density at radius 1 is 1.10 bits per heavy atom. The zero-order valence-electron chi connectivity index (χ0n) is 16.8. The number of fused-ring (bicyclic) bond motifs is 1. The van der Waals surface area contributed by atoms with Crippen LogP contribution in [-0.4, -0.2) is 43.7 Å². The Morgan fingerprint density at radius 2 is 1.87 bits per heavy atom. The first kappa shape index (κ1) is 19.0. The van der Waals surface area contributed by atoms with Crippen molar-refractivity contribution in [1.29, 1.82) is 0 Å². The van der Waals surface area contributed by atoms with Crippen molar-refractivity contribution in [3.63, 3.8) is 0 Å². The van der Waals surface area contributed by atoms with E-state index in [0.29, 0.717) is 29.9 Å². The summed E-state index contributed by atoms with van der Waals surface area (Å²) in [5, 5.41) is 10.9. The van der Waals surface area contributed by atoms with E-state index in [1.165, 1.54) is 4.90 Å². The SMILES string of the molecule is Cc1c(-c2ccc3c(c2)CN(C2CCC(=O)NC2=O)C3=O)nnn1-c1ccc(N)cc1. The van der Waals surface area contributed by atoms with Crippen LogP contribution >= 0.6 is 0 Å². The third kappa shape index (κ3) is 3.14. The van der Waals surface area contributed by atoms with Crippen LogP contribution in [0, 0.1) is 6.92 Å². The molecule has 9 nitrogen and oxygen atoms in total. The molecule has 1 fully saturated rings. The predicted octanol–water partition coefficient (Wildman–Crippen LogP) is 1.59. The van der Waals surface area contributed by atoms with E-state index in [9.17, 15) is 14.4 Å². The highest BCUT2D eigenvalue weighted by molar-refractivity contribution is 6.05. The summed E-state index contributed by atoms with van der Waals surface area (Å²) < 4.78 is 1.74. The van der Waals surface area contributed by atoms with Crippen LogP contribution in [0.4, 0.5) is 5.69 Å². The normalized spacial score (nSPS) is 18.3. The molecular weight excluding hydrogens is 396 g/mol. The van der Waals surface area contributed by atoms with Crippen LogP contribution in [-0.2, 0) is 16.1 Å². The number of piperidine rings is 1. The maximum absolute atomic E-state index is 12.9. The Hall–Kier alpha value is -4.01. The van der Waals surface area contributed by atoms with Gasteiger partial charge in [-0.15, -0.1) is 5.10 Å². The second kappa shape index (κ2) is 7.05. The lowest BCUT2D eigenvalue weighted by Gasteiger charge is -2.29. The number of carbonyl (C=O) groups excluding carboxylic acids is 3. The summed E-state index contributed by atoms with van der Waals surface area (Å²) in [6, 6.07) is 12.3. The summed E-state index contributed by atoms with van der Waals surface area (Å²) in [6.45, 7) is 2.25. The summed E-state index contributed by atoms with van der Waals surface area (Å²) >= 11 is 0. The maximum Gasteiger partial charge on any atom is 0.255 e. The van der Waals surface area contributed by atoms with Gasteiger partial charge in [0.2, 0.25) is 11.8 Å². The van der Waals surface area contributed by atoms with Gasteiger partial charge in [0, 0.05) is 29.8 Å². The highest BCUT2D eigenvalue weighted by Gasteiger charge is 2.39. The van der Waals surface area contributed by atoms with E-state index in [-0.39, 0.29) is 18.2 Å². The second-order valence-corrected chi connectivity index (χ2v) is 7.80. The van der Waals surface area contributed by atoms with Crippen LogP contribution in [0.5, 0.6) is 0 Å². The van der Waals surface area contributed by atoms with Crippen molar-refractivity contribution in [3.8, 4) is 16.9 Å². The van der Waals surface area contributed by atoms with Gasteiger partial charge in [-0.25, -0.2) is 4.68 Å². The molecule has 5 rings (SSSR count). The Kier molecular flexibility index (Phi) is 4.32. The number of nitrogens with one attached hydrogen (secondary N) is 1. The molecule has 2 aliphatic heterocycles. The van der Waals surface area contributed by atoms with Gasteiger partial charge >= 0.3 is 0 Å². The number of nitrogen functional groups attached to an aromatic ring is 1. The number of anilines is 1. The quantitative estimate of drug-likeness (QED) is 0.494. The lowest BCUT2D eigenvalue weighted by molar-refractivity contribution is -0.136. The van der Waals surface area contributed by atoms with Gasteiger partial charge in [0.15, 0.2) is 0 Å². The molecular formula is C22H20N6O3. The van der Waals surface area contributed by atoms with E-state index < -0.39 is 11.9 Å². The van der Waals surface area contributed by atoms with Gasteiger partial charge in [0.25, 0.3) is 5.91 Å². The molecule has 9 heteroatoms. The van der Waals surface area contributed by atoms with Crippen molar-refractivity contribution in [3.05, 3.63) is 59.3 Å². The number of hydrogen-bond donors (Lipinski definition) is 2. The number of aromatic nitrogens is 3. The zero-order chi connectivity index (χ0) is 21.7. The van der Waals surface area contributed by atoms with E-state index in [0.717, 1.165) is 22.5 Å². The zero-order valence-corrected chi connectivity index (χ0v) is 16.8. The van der Waals surface area contributed by atoms with E-state index >= 15 is 0 Å². The van der Waals surface area contributed by atoms with E-state index in [2.05, 4.69) is 15.6 Å². The average Bonchev–Trinajstić information content (AvgIpc) is 3.28. The van der Waals surface area contributed by atoms with E-state index in [1.54, 1.807) is 22.9 Å². The molecule has 156 valence electrons. The Bertz CT molecular complexity index is 1230. The van der Waals surface area contributed by atoms with E-state index in [1.807, 2.05) is 31.2 Å².